The molecule has 2 amide bonds. The summed E-state index contributed by atoms with van der Waals surface area (Å²) in [6, 6.07) is -0.418. The lowest BCUT2D eigenvalue weighted by Crippen LogP contribution is -2.51. The zero-order chi connectivity index (χ0) is 10.6. The number of hydrogen-bond donors (Lipinski definition) is 2. The quantitative estimate of drug-likeness (QED) is 0.616. The Balaban J connectivity index is 2.43. The maximum atomic E-state index is 11.5. The summed E-state index contributed by atoms with van der Waals surface area (Å²) >= 11 is 0. The number of nitrogens with zero attached hydrogens (tertiary/aromatic N) is 1. The third-order valence-electron chi connectivity index (χ3n) is 2.28. The highest BCUT2D eigenvalue weighted by molar-refractivity contribution is 5.87. The molecule has 1 atom stereocenters. The molecule has 0 bridgehead atoms. The summed E-state index contributed by atoms with van der Waals surface area (Å²) in [5, 5.41) is 2.65. The van der Waals surface area contributed by atoms with E-state index < -0.39 is 6.04 Å². The molecule has 0 unspecified atom stereocenters. The first kappa shape index (κ1) is 11.0. The fraction of sp³-hybridized carbons (Fsp3) is 0.778. The molecule has 0 radical (unpaired) electrons. The minimum Gasteiger partial charge on any atom is -0.355 e. The van der Waals surface area contributed by atoms with E-state index in [-0.39, 0.29) is 18.4 Å². The number of hydrogen-bond acceptors (Lipinski definition) is 3. The lowest BCUT2D eigenvalue weighted by molar-refractivity contribution is -0.139. The number of carbonyl (C=O) groups excluding carboxylic acids is 2. The van der Waals surface area contributed by atoms with Crippen molar-refractivity contribution in [3.05, 3.63) is 0 Å². The van der Waals surface area contributed by atoms with Gasteiger partial charge in [-0.05, 0) is 19.8 Å². The molecule has 5 heteroatoms. The zero-order valence-electron chi connectivity index (χ0n) is 8.45. The van der Waals surface area contributed by atoms with E-state index in [2.05, 4.69) is 5.32 Å². The number of nitrogens with one attached hydrogen (secondary N) is 1. The number of carbonyl (C=O) groups is 2. The van der Waals surface area contributed by atoms with E-state index in [0.717, 1.165) is 12.8 Å². The molecule has 0 aliphatic carbocycles. The first-order valence-electron chi connectivity index (χ1n) is 4.96. The van der Waals surface area contributed by atoms with Gasteiger partial charge in [0, 0.05) is 13.1 Å². The largest absolute Gasteiger partial charge is 0.355 e. The van der Waals surface area contributed by atoms with Crippen LogP contribution in [0.3, 0.4) is 0 Å². The number of rotatable bonds is 3. The summed E-state index contributed by atoms with van der Waals surface area (Å²) in [5.41, 5.74) is 5.60. The molecule has 1 saturated heterocycles. The molecule has 5 nitrogen and oxygen atoms in total. The lowest BCUT2D eigenvalue weighted by atomic mass is 10.1. The van der Waals surface area contributed by atoms with Crippen molar-refractivity contribution in [2.24, 2.45) is 5.73 Å². The van der Waals surface area contributed by atoms with Crippen molar-refractivity contribution in [1.82, 2.24) is 10.2 Å². The van der Waals surface area contributed by atoms with Crippen LogP contribution in [-0.4, -0.2) is 42.4 Å². The van der Waals surface area contributed by atoms with E-state index in [0.29, 0.717) is 13.1 Å². The van der Waals surface area contributed by atoms with Gasteiger partial charge in [-0.2, -0.15) is 0 Å². The average Bonchev–Trinajstić information content (AvgIpc) is 2.13. The molecular formula is C9H17N3O2. The van der Waals surface area contributed by atoms with Crippen molar-refractivity contribution >= 4 is 11.8 Å². The van der Waals surface area contributed by atoms with E-state index in [1.165, 1.54) is 4.90 Å². The van der Waals surface area contributed by atoms with Crippen LogP contribution in [0.2, 0.25) is 0 Å². The first-order valence-corrected chi connectivity index (χ1v) is 4.96. The Morgan fingerprint density at radius 2 is 2.43 bits per heavy atom. The van der Waals surface area contributed by atoms with Gasteiger partial charge in [0.05, 0.1) is 12.6 Å². The van der Waals surface area contributed by atoms with Crippen molar-refractivity contribution in [2.75, 3.05) is 19.6 Å². The van der Waals surface area contributed by atoms with E-state index in [1.807, 2.05) is 6.92 Å². The van der Waals surface area contributed by atoms with Crippen LogP contribution in [0.5, 0.6) is 0 Å². The maximum Gasteiger partial charge on any atom is 0.239 e. The summed E-state index contributed by atoms with van der Waals surface area (Å²) in [6.45, 7) is 3.22. The number of amides is 2. The molecule has 0 spiro atoms. The maximum absolute atomic E-state index is 11.5. The van der Waals surface area contributed by atoms with Crippen molar-refractivity contribution < 1.29 is 9.59 Å². The summed E-state index contributed by atoms with van der Waals surface area (Å²) in [4.78, 5) is 24.2. The van der Waals surface area contributed by atoms with Gasteiger partial charge in [0.15, 0.2) is 0 Å². The Bertz CT molecular complexity index is 230. The SMILES string of the molecule is CCNC(=O)CN1CCC[C@@H](N)C1=O. The van der Waals surface area contributed by atoms with Gasteiger partial charge in [-0.1, -0.05) is 0 Å². The summed E-state index contributed by atoms with van der Waals surface area (Å²) in [5.74, 6) is -0.225. The Hall–Kier alpha value is -1.10. The van der Waals surface area contributed by atoms with Gasteiger partial charge in [0.25, 0.3) is 0 Å². The standard InChI is InChI=1S/C9H17N3O2/c1-2-11-8(13)6-12-5-3-4-7(10)9(12)14/h7H,2-6,10H2,1H3,(H,11,13)/t7-/m1/s1. The predicted octanol–water partition coefficient (Wildman–Crippen LogP) is -0.928. The van der Waals surface area contributed by atoms with E-state index in [9.17, 15) is 9.59 Å². The summed E-state index contributed by atoms with van der Waals surface area (Å²) in [7, 11) is 0. The van der Waals surface area contributed by atoms with Gasteiger partial charge in [-0.3, -0.25) is 9.59 Å². The summed E-state index contributed by atoms with van der Waals surface area (Å²) < 4.78 is 0. The van der Waals surface area contributed by atoms with Crippen LogP contribution in [0.25, 0.3) is 0 Å². The highest BCUT2D eigenvalue weighted by Crippen LogP contribution is 2.08. The molecule has 1 heterocycles. The Kier molecular flexibility index (Phi) is 3.88. The van der Waals surface area contributed by atoms with Crippen LogP contribution in [0.15, 0.2) is 0 Å². The van der Waals surface area contributed by atoms with Crippen LogP contribution in [0.4, 0.5) is 0 Å². The number of nitrogens with two attached hydrogens (primary N) is 1. The smallest absolute Gasteiger partial charge is 0.239 e. The topological polar surface area (TPSA) is 75.4 Å². The monoisotopic (exact) mass is 199 g/mol. The van der Waals surface area contributed by atoms with E-state index >= 15 is 0 Å². The third kappa shape index (κ3) is 2.70. The second kappa shape index (κ2) is 4.95. The third-order valence-corrected chi connectivity index (χ3v) is 2.28. The molecule has 1 rings (SSSR count). The van der Waals surface area contributed by atoms with Gasteiger partial charge in [-0.25, -0.2) is 0 Å². The molecule has 3 N–H and O–H groups in total. The normalized spacial score (nSPS) is 22.3. The highest BCUT2D eigenvalue weighted by atomic mass is 16.2. The average molecular weight is 199 g/mol. The predicted molar refractivity (Wildman–Crippen MR) is 52.5 cm³/mol. The Labute approximate surface area is 83.6 Å². The lowest BCUT2D eigenvalue weighted by Gasteiger charge is -2.29. The van der Waals surface area contributed by atoms with Crippen LogP contribution < -0.4 is 11.1 Å². The number of piperidine rings is 1. The molecule has 1 aliphatic heterocycles. The van der Waals surface area contributed by atoms with Crippen molar-refractivity contribution in [2.45, 2.75) is 25.8 Å². The van der Waals surface area contributed by atoms with Crippen molar-refractivity contribution in [3.8, 4) is 0 Å². The molecule has 1 aliphatic rings. The minimum atomic E-state index is -0.418. The number of likely N-dealkylation sites (tertiary alicyclic amines) is 1. The van der Waals surface area contributed by atoms with Crippen LogP contribution >= 0.6 is 0 Å². The van der Waals surface area contributed by atoms with Gasteiger partial charge in [0.1, 0.15) is 0 Å². The van der Waals surface area contributed by atoms with Crippen molar-refractivity contribution in [1.29, 1.82) is 0 Å². The van der Waals surface area contributed by atoms with Crippen LogP contribution in [-0.2, 0) is 9.59 Å². The molecule has 1 fully saturated rings. The fourth-order valence-corrected chi connectivity index (χ4v) is 1.55. The molecule has 80 valence electrons. The van der Waals surface area contributed by atoms with Crippen LogP contribution in [0.1, 0.15) is 19.8 Å². The molecule has 0 aromatic carbocycles. The first-order chi connectivity index (χ1) is 6.65. The highest BCUT2D eigenvalue weighted by Gasteiger charge is 2.26. The van der Waals surface area contributed by atoms with Crippen molar-refractivity contribution in [3.63, 3.8) is 0 Å². The van der Waals surface area contributed by atoms with E-state index in [4.69, 9.17) is 5.73 Å². The summed E-state index contributed by atoms with van der Waals surface area (Å²) in [6.07, 6.45) is 1.61. The minimum absolute atomic E-state index is 0.109. The van der Waals surface area contributed by atoms with Crippen LogP contribution in [0, 0.1) is 0 Å². The fourth-order valence-electron chi connectivity index (χ4n) is 1.55. The number of likely N-dealkylation sites (N-methyl/N-ethyl adjacent to an activating group) is 1. The van der Waals surface area contributed by atoms with Gasteiger partial charge in [0.2, 0.25) is 11.8 Å². The molecule has 0 aromatic rings. The second-order valence-corrected chi connectivity index (χ2v) is 3.46. The zero-order valence-corrected chi connectivity index (χ0v) is 8.45. The Morgan fingerprint density at radius 3 is 3.07 bits per heavy atom. The second-order valence-electron chi connectivity index (χ2n) is 3.46. The van der Waals surface area contributed by atoms with Gasteiger partial charge in [-0.15, -0.1) is 0 Å². The molecule has 0 aromatic heterocycles. The Morgan fingerprint density at radius 1 is 1.71 bits per heavy atom. The van der Waals surface area contributed by atoms with Gasteiger partial charge < -0.3 is 16.0 Å². The molecule has 0 saturated carbocycles. The molecule has 14 heavy (non-hydrogen) atoms. The molecular weight excluding hydrogens is 182 g/mol. The van der Waals surface area contributed by atoms with Gasteiger partial charge >= 0.3 is 0 Å². The van der Waals surface area contributed by atoms with E-state index in [1.54, 1.807) is 0 Å².